The predicted octanol–water partition coefficient (Wildman–Crippen LogP) is 1.62. The number of nitrogens with one attached hydrogen (secondary N) is 1. The lowest BCUT2D eigenvalue weighted by molar-refractivity contribution is -0.135. The molecule has 0 fully saturated rings. The lowest BCUT2D eigenvalue weighted by Gasteiger charge is -2.22. The van der Waals surface area contributed by atoms with Crippen LogP contribution in [0.2, 0.25) is 0 Å². The smallest absolute Gasteiger partial charge is 0.406 e. The van der Waals surface area contributed by atoms with Gasteiger partial charge in [0.15, 0.2) is 0 Å². The van der Waals surface area contributed by atoms with Crippen LogP contribution < -0.4 is 5.09 Å². The monoisotopic (exact) mass is 239 g/mol. The van der Waals surface area contributed by atoms with Gasteiger partial charge >= 0.3 is 13.7 Å². The minimum absolute atomic E-state index is 0.309. The van der Waals surface area contributed by atoms with Crippen LogP contribution in [0.15, 0.2) is 0 Å². The highest BCUT2D eigenvalue weighted by atomic mass is 31.2. The van der Waals surface area contributed by atoms with Gasteiger partial charge in [-0.3, -0.25) is 13.8 Å². The Labute approximate surface area is 89.5 Å². The molecule has 0 radical (unpaired) electrons. The lowest BCUT2D eigenvalue weighted by atomic mass is 10.5. The maximum absolute atomic E-state index is 11.9. The molecule has 0 spiro atoms. The number of aliphatic carboxylic acids is 1. The molecule has 0 aliphatic rings. The summed E-state index contributed by atoms with van der Waals surface area (Å²) in [5.74, 6) is -1.12. The average Bonchev–Trinajstić information content (AvgIpc) is 1.97. The molecular weight excluding hydrogens is 221 g/mol. The molecule has 0 aromatic carbocycles. The van der Waals surface area contributed by atoms with Gasteiger partial charge in [-0.15, -0.1) is 0 Å². The SMILES string of the molecule is CC(C)OP(=O)(NCC(=O)O)OC(C)C. The van der Waals surface area contributed by atoms with Gasteiger partial charge in [-0.2, -0.15) is 0 Å². The largest absolute Gasteiger partial charge is 0.480 e. The van der Waals surface area contributed by atoms with Crippen LogP contribution in [-0.4, -0.2) is 29.8 Å². The van der Waals surface area contributed by atoms with Gasteiger partial charge in [0.25, 0.3) is 0 Å². The zero-order chi connectivity index (χ0) is 12.1. The van der Waals surface area contributed by atoms with Crippen molar-refractivity contribution < 1.29 is 23.5 Å². The van der Waals surface area contributed by atoms with E-state index in [1.165, 1.54) is 0 Å². The van der Waals surface area contributed by atoms with E-state index in [1.807, 2.05) is 0 Å². The quantitative estimate of drug-likeness (QED) is 0.656. The molecule has 0 amide bonds. The number of rotatable bonds is 7. The van der Waals surface area contributed by atoms with E-state index in [1.54, 1.807) is 27.7 Å². The van der Waals surface area contributed by atoms with E-state index in [0.29, 0.717) is 0 Å². The Morgan fingerprint density at radius 1 is 1.27 bits per heavy atom. The maximum atomic E-state index is 11.9. The van der Waals surface area contributed by atoms with Crippen molar-refractivity contribution in [1.29, 1.82) is 0 Å². The first-order valence-electron chi connectivity index (χ1n) is 4.69. The van der Waals surface area contributed by atoms with Crippen LogP contribution >= 0.6 is 7.75 Å². The zero-order valence-electron chi connectivity index (χ0n) is 9.39. The van der Waals surface area contributed by atoms with E-state index < -0.39 is 20.3 Å². The Hall–Kier alpha value is -0.420. The third-order valence-corrected chi connectivity index (χ3v) is 3.07. The summed E-state index contributed by atoms with van der Waals surface area (Å²) in [6, 6.07) is 0. The van der Waals surface area contributed by atoms with E-state index in [0.717, 1.165) is 0 Å². The van der Waals surface area contributed by atoms with Crippen molar-refractivity contribution in [1.82, 2.24) is 5.09 Å². The molecule has 0 rings (SSSR count). The molecule has 0 atom stereocenters. The average molecular weight is 239 g/mol. The minimum atomic E-state index is -3.52. The van der Waals surface area contributed by atoms with Crippen LogP contribution in [0.1, 0.15) is 27.7 Å². The summed E-state index contributed by atoms with van der Waals surface area (Å²) in [5, 5.41) is 10.7. The third kappa shape index (κ3) is 7.50. The molecule has 0 heterocycles. The first-order chi connectivity index (χ1) is 6.75. The van der Waals surface area contributed by atoms with Gasteiger partial charge in [0.1, 0.15) is 6.54 Å². The molecule has 0 unspecified atom stereocenters. The Balaban J connectivity index is 4.40. The van der Waals surface area contributed by atoms with Crippen molar-refractivity contribution in [2.24, 2.45) is 0 Å². The third-order valence-electron chi connectivity index (χ3n) is 1.12. The van der Waals surface area contributed by atoms with E-state index >= 15 is 0 Å². The summed E-state index contributed by atoms with van der Waals surface area (Å²) < 4.78 is 22.0. The Kier molecular flexibility index (Phi) is 6.05. The second-order valence-electron chi connectivity index (χ2n) is 3.53. The molecule has 0 aliphatic heterocycles. The molecule has 0 saturated heterocycles. The molecule has 0 aliphatic carbocycles. The van der Waals surface area contributed by atoms with Crippen LogP contribution in [-0.2, 0) is 18.4 Å². The molecular formula is C8H18NO5P. The van der Waals surface area contributed by atoms with Crippen molar-refractivity contribution in [3.8, 4) is 0 Å². The number of carboxylic acid groups (broad SMARTS) is 1. The number of carbonyl (C=O) groups is 1. The summed E-state index contributed by atoms with van der Waals surface area (Å²) in [5.41, 5.74) is 0. The molecule has 2 N–H and O–H groups in total. The molecule has 6 nitrogen and oxygen atoms in total. The highest BCUT2D eigenvalue weighted by Gasteiger charge is 2.27. The summed E-state index contributed by atoms with van der Waals surface area (Å²) in [4.78, 5) is 10.3. The minimum Gasteiger partial charge on any atom is -0.480 e. The van der Waals surface area contributed by atoms with Gasteiger partial charge < -0.3 is 5.11 Å². The summed E-state index contributed by atoms with van der Waals surface area (Å²) in [6.45, 7) is 6.31. The number of hydrogen-bond acceptors (Lipinski definition) is 4. The second kappa shape index (κ2) is 6.23. The normalized spacial score (nSPS) is 12.4. The van der Waals surface area contributed by atoms with Crippen LogP contribution in [0.5, 0.6) is 0 Å². The Morgan fingerprint density at radius 2 is 1.67 bits per heavy atom. The van der Waals surface area contributed by atoms with Crippen LogP contribution in [0.4, 0.5) is 0 Å². The fourth-order valence-electron chi connectivity index (χ4n) is 0.819. The number of hydrogen-bond donors (Lipinski definition) is 2. The molecule has 7 heteroatoms. The molecule has 15 heavy (non-hydrogen) atoms. The van der Waals surface area contributed by atoms with Gasteiger partial charge in [0.2, 0.25) is 0 Å². The summed E-state index contributed by atoms with van der Waals surface area (Å²) in [6.07, 6.45) is -0.619. The van der Waals surface area contributed by atoms with Crippen molar-refractivity contribution >= 4 is 13.7 Å². The van der Waals surface area contributed by atoms with Crippen molar-refractivity contribution in [2.45, 2.75) is 39.9 Å². The maximum Gasteiger partial charge on any atom is 0.406 e. The highest BCUT2D eigenvalue weighted by molar-refractivity contribution is 7.51. The van der Waals surface area contributed by atoms with E-state index in [9.17, 15) is 9.36 Å². The van der Waals surface area contributed by atoms with Crippen molar-refractivity contribution in [2.75, 3.05) is 6.54 Å². The van der Waals surface area contributed by atoms with Gasteiger partial charge in [-0.1, -0.05) is 0 Å². The first-order valence-corrected chi connectivity index (χ1v) is 6.23. The molecule has 0 aromatic heterocycles. The molecule has 0 aromatic rings. The number of carboxylic acids is 1. The summed E-state index contributed by atoms with van der Waals surface area (Å²) >= 11 is 0. The Bertz CT molecular complexity index is 239. The van der Waals surface area contributed by atoms with Gasteiger partial charge in [0.05, 0.1) is 12.2 Å². The van der Waals surface area contributed by atoms with Crippen LogP contribution in [0.3, 0.4) is 0 Å². The lowest BCUT2D eigenvalue weighted by Crippen LogP contribution is -2.25. The van der Waals surface area contributed by atoms with Gasteiger partial charge in [-0.05, 0) is 27.7 Å². The topological polar surface area (TPSA) is 84.9 Å². The fourth-order valence-corrected chi connectivity index (χ4v) is 2.46. The first kappa shape index (κ1) is 14.6. The van der Waals surface area contributed by atoms with E-state index in [4.69, 9.17) is 14.2 Å². The predicted molar refractivity (Wildman–Crippen MR) is 55.7 cm³/mol. The molecule has 0 saturated carbocycles. The summed E-state index contributed by atoms with van der Waals surface area (Å²) in [7, 11) is -3.52. The van der Waals surface area contributed by atoms with Gasteiger partial charge in [-0.25, -0.2) is 9.65 Å². The van der Waals surface area contributed by atoms with Gasteiger partial charge in [0, 0.05) is 0 Å². The van der Waals surface area contributed by atoms with E-state index in [-0.39, 0.29) is 12.2 Å². The standard InChI is InChI=1S/C8H18NO5P/c1-6(2)13-15(12,14-7(3)4)9-5-8(10)11/h6-7H,5H2,1-4H3,(H,9,12)(H,10,11). The van der Waals surface area contributed by atoms with Crippen LogP contribution in [0.25, 0.3) is 0 Å². The van der Waals surface area contributed by atoms with Crippen LogP contribution in [0, 0.1) is 0 Å². The molecule has 0 bridgehead atoms. The van der Waals surface area contributed by atoms with Crippen molar-refractivity contribution in [3.63, 3.8) is 0 Å². The second-order valence-corrected chi connectivity index (χ2v) is 5.27. The fraction of sp³-hybridized carbons (Fsp3) is 0.875. The van der Waals surface area contributed by atoms with Crippen molar-refractivity contribution in [3.05, 3.63) is 0 Å². The molecule has 90 valence electrons. The Morgan fingerprint density at radius 3 is 1.93 bits per heavy atom. The van der Waals surface area contributed by atoms with E-state index in [2.05, 4.69) is 5.09 Å². The highest BCUT2D eigenvalue weighted by Crippen LogP contribution is 2.45. The zero-order valence-corrected chi connectivity index (χ0v) is 10.3.